The van der Waals surface area contributed by atoms with E-state index in [2.05, 4.69) is 23.9 Å². The topological polar surface area (TPSA) is 69.1 Å². The van der Waals surface area contributed by atoms with Gasteiger partial charge in [-0.3, -0.25) is 4.79 Å². The summed E-state index contributed by atoms with van der Waals surface area (Å²) in [7, 11) is 0. The molecule has 0 bridgehead atoms. The molecule has 1 saturated heterocycles. The minimum Gasteiger partial charge on any atom is -0.337 e. The Morgan fingerprint density at radius 3 is 2.79 bits per heavy atom. The van der Waals surface area contributed by atoms with Crippen LogP contribution in [0.15, 0.2) is 17.2 Å². The predicted octanol–water partition coefficient (Wildman–Crippen LogP) is 3.68. The number of thiophene rings is 1. The molecule has 19 heavy (non-hydrogen) atoms. The molecule has 0 aliphatic carbocycles. The van der Waals surface area contributed by atoms with Gasteiger partial charge < -0.3 is 4.90 Å². The fourth-order valence-electron chi connectivity index (χ4n) is 2.66. The lowest BCUT2D eigenvalue weighted by molar-refractivity contribution is 0.0628. The predicted molar refractivity (Wildman–Crippen MR) is 76.0 cm³/mol. The Morgan fingerprint density at radius 1 is 1.47 bits per heavy atom. The highest BCUT2D eigenvalue weighted by Gasteiger charge is 2.26. The molecule has 1 amide bonds. The van der Waals surface area contributed by atoms with Gasteiger partial charge in [-0.2, -0.15) is 0 Å². The Morgan fingerprint density at radius 2 is 2.16 bits per heavy atom. The number of nitrogens with zero attached hydrogens (tertiary/aromatic N) is 4. The molecule has 2 heterocycles. The molecule has 2 unspecified atom stereocenters. The molecular weight excluding hydrogens is 260 g/mol. The molecule has 2 atom stereocenters. The second-order valence-corrected chi connectivity index (χ2v) is 6.48. The fourth-order valence-corrected chi connectivity index (χ4v) is 3.56. The van der Waals surface area contributed by atoms with Gasteiger partial charge in [-0.05, 0) is 35.9 Å². The quantitative estimate of drug-likeness (QED) is 0.472. The Balaban J connectivity index is 2.06. The molecule has 0 radical (unpaired) electrons. The molecule has 1 aliphatic rings. The number of carbonyl (C=O) groups is 1. The van der Waals surface area contributed by atoms with Gasteiger partial charge in [0.1, 0.15) is 0 Å². The number of carbonyl (C=O) groups excluding carboxylic acids is 1. The summed E-state index contributed by atoms with van der Waals surface area (Å²) in [5.41, 5.74) is 8.29. The van der Waals surface area contributed by atoms with Crippen molar-refractivity contribution in [3.8, 4) is 0 Å². The molecule has 1 aromatic heterocycles. The van der Waals surface area contributed by atoms with Crippen molar-refractivity contribution in [2.75, 3.05) is 13.1 Å². The van der Waals surface area contributed by atoms with Gasteiger partial charge in [0.05, 0.1) is 11.4 Å². The lowest BCUT2D eigenvalue weighted by atomic mass is 9.92. The van der Waals surface area contributed by atoms with Gasteiger partial charge in [0.2, 0.25) is 0 Å². The van der Waals surface area contributed by atoms with Crippen molar-refractivity contribution in [2.45, 2.75) is 26.8 Å². The van der Waals surface area contributed by atoms with Crippen molar-refractivity contribution in [2.24, 2.45) is 17.0 Å². The first-order valence-electron chi connectivity index (χ1n) is 6.49. The fraction of sp³-hybridized carbons (Fsp3) is 0.615. The third-order valence-corrected chi connectivity index (χ3v) is 4.38. The second kappa shape index (κ2) is 6.08. The van der Waals surface area contributed by atoms with Crippen molar-refractivity contribution in [1.29, 1.82) is 0 Å². The lowest BCUT2D eigenvalue weighted by Crippen LogP contribution is -2.42. The van der Waals surface area contributed by atoms with Crippen molar-refractivity contribution < 1.29 is 4.79 Å². The van der Waals surface area contributed by atoms with Crippen LogP contribution >= 0.6 is 11.3 Å². The molecule has 0 saturated carbocycles. The van der Waals surface area contributed by atoms with Crippen LogP contribution in [0.4, 0.5) is 0 Å². The lowest BCUT2D eigenvalue weighted by Gasteiger charge is -2.34. The van der Waals surface area contributed by atoms with Gasteiger partial charge in [-0.1, -0.05) is 19.0 Å². The molecule has 102 valence electrons. The van der Waals surface area contributed by atoms with Crippen molar-refractivity contribution >= 4 is 17.2 Å². The molecule has 5 nitrogen and oxygen atoms in total. The van der Waals surface area contributed by atoms with Gasteiger partial charge >= 0.3 is 0 Å². The molecule has 2 rings (SSSR count). The first-order valence-corrected chi connectivity index (χ1v) is 7.30. The number of azide groups is 1. The first-order chi connectivity index (χ1) is 9.10. The number of hydrogen-bond acceptors (Lipinski definition) is 3. The molecule has 1 fully saturated rings. The van der Waals surface area contributed by atoms with Crippen molar-refractivity contribution in [1.82, 2.24) is 4.90 Å². The van der Waals surface area contributed by atoms with Crippen LogP contribution in [0.5, 0.6) is 0 Å². The van der Waals surface area contributed by atoms with Crippen LogP contribution < -0.4 is 0 Å². The van der Waals surface area contributed by atoms with E-state index in [9.17, 15) is 4.79 Å². The normalized spacial score (nSPS) is 22.9. The van der Waals surface area contributed by atoms with E-state index < -0.39 is 0 Å². The third kappa shape index (κ3) is 3.49. The van der Waals surface area contributed by atoms with E-state index in [-0.39, 0.29) is 5.91 Å². The van der Waals surface area contributed by atoms with Crippen LogP contribution in [-0.2, 0) is 6.54 Å². The Bertz CT molecular complexity index is 496. The van der Waals surface area contributed by atoms with E-state index in [1.165, 1.54) is 17.8 Å². The van der Waals surface area contributed by atoms with E-state index in [1.54, 1.807) is 0 Å². The summed E-state index contributed by atoms with van der Waals surface area (Å²) in [6.45, 7) is 6.38. The van der Waals surface area contributed by atoms with E-state index in [4.69, 9.17) is 5.53 Å². The maximum absolute atomic E-state index is 12.4. The maximum atomic E-state index is 12.4. The van der Waals surface area contributed by atoms with E-state index >= 15 is 0 Å². The Kier molecular flexibility index (Phi) is 4.45. The van der Waals surface area contributed by atoms with Gasteiger partial charge in [0.25, 0.3) is 5.91 Å². The summed E-state index contributed by atoms with van der Waals surface area (Å²) >= 11 is 1.42. The molecule has 0 N–H and O–H groups in total. The Labute approximate surface area is 116 Å². The zero-order chi connectivity index (χ0) is 13.8. The average molecular weight is 278 g/mol. The third-order valence-electron chi connectivity index (χ3n) is 3.32. The van der Waals surface area contributed by atoms with E-state index in [0.717, 1.165) is 22.8 Å². The highest BCUT2D eigenvalue weighted by molar-refractivity contribution is 7.14. The summed E-state index contributed by atoms with van der Waals surface area (Å²) in [6, 6.07) is 3.70. The summed E-state index contributed by atoms with van der Waals surface area (Å²) in [4.78, 5) is 18.8. The van der Waals surface area contributed by atoms with Crippen molar-refractivity contribution in [3.05, 3.63) is 32.3 Å². The van der Waals surface area contributed by atoms with Crippen molar-refractivity contribution in [3.63, 3.8) is 0 Å². The van der Waals surface area contributed by atoms with Crippen LogP contribution in [0.25, 0.3) is 10.4 Å². The van der Waals surface area contributed by atoms with E-state index in [1.807, 2.05) is 17.0 Å². The van der Waals surface area contributed by atoms with Gasteiger partial charge in [0, 0.05) is 22.9 Å². The summed E-state index contributed by atoms with van der Waals surface area (Å²) < 4.78 is 0. The zero-order valence-electron chi connectivity index (χ0n) is 11.2. The number of amides is 1. The molecular formula is C13H18N4OS. The van der Waals surface area contributed by atoms with Crippen LogP contribution in [-0.4, -0.2) is 23.9 Å². The summed E-state index contributed by atoms with van der Waals surface area (Å²) in [5, 5.41) is 3.52. The molecule has 1 aliphatic heterocycles. The van der Waals surface area contributed by atoms with Gasteiger partial charge in [-0.15, -0.1) is 11.3 Å². The molecule has 0 aromatic carbocycles. The minimum atomic E-state index is 0.107. The van der Waals surface area contributed by atoms with Gasteiger partial charge in [-0.25, -0.2) is 0 Å². The monoisotopic (exact) mass is 278 g/mol. The highest BCUT2D eigenvalue weighted by atomic mass is 32.1. The largest absolute Gasteiger partial charge is 0.337 e. The van der Waals surface area contributed by atoms with Gasteiger partial charge in [0.15, 0.2) is 0 Å². The number of likely N-dealkylation sites (tertiary alicyclic amines) is 1. The molecule has 6 heteroatoms. The Hall–Kier alpha value is -1.52. The first kappa shape index (κ1) is 13.9. The second-order valence-electron chi connectivity index (χ2n) is 5.31. The minimum absolute atomic E-state index is 0.107. The average Bonchev–Trinajstić information content (AvgIpc) is 2.83. The highest BCUT2D eigenvalue weighted by Crippen LogP contribution is 2.25. The van der Waals surface area contributed by atoms with Crippen LogP contribution in [0.1, 0.15) is 34.8 Å². The van der Waals surface area contributed by atoms with Crippen LogP contribution in [0.3, 0.4) is 0 Å². The standard InChI is InChI=1S/C13H18N4OS/c1-9-5-10(2)8-17(7-9)13(18)12-4-3-11(19-12)6-15-16-14/h3-4,9-10H,5-8H2,1-2H3. The maximum Gasteiger partial charge on any atom is 0.263 e. The summed E-state index contributed by atoms with van der Waals surface area (Å²) in [6.07, 6.45) is 1.19. The number of piperidine rings is 1. The zero-order valence-corrected chi connectivity index (χ0v) is 12.1. The SMILES string of the molecule is CC1CC(C)CN(C(=O)c2ccc(CN=[N+]=[N-])s2)C1. The van der Waals surface area contributed by atoms with E-state index in [0.29, 0.717) is 18.4 Å². The molecule has 0 spiro atoms. The van der Waals surface area contributed by atoms with Crippen LogP contribution in [0, 0.1) is 11.8 Å². The molecule has 1 aromatic rings. The smallest absolute Gasteiger partial charge is 0.263 e. The number of rotatable bonds is 3. The summed E-state index contributed by atoms with van der Waals surface area (Å²) in [5.74, 6) is 1.24. The number of hydrogen-bond donors (Lipinski definition) is 0. The van der Waals surface area contributed by atoms with Crippen LogP contribution in [0.2, 0.25) is 0 Å².